The number of alkyl carbamates (subject to hydrolysis) is 1. The lowest BCUT2D eigenvalue weighted by molar-refractivity contribution is -0.137. The van der Waals surface area contributed by atoms with E-state index in [1.54, 1.807) is 6.08 Å². The molecular formula is C20H18F3NO4. The minimum absolute atomic E-state index is 0.110. The number of rotatable bonds is 7. The van der Waals surface area contributed by atoms with Crippen LogP contribution < -0.4 is 5.32 Å². The molecule has 2 aromatic carbocycles. The van der Waals surface area contributed by atoms with Crippen LogP contribution in [0, 0.1) is 0 Å². The van der Waals surface area contributed by atoms with Crippen LogP contribution in [0.4, 0.5) is 18.0 Å². The second kappa shape index (κ2) is 9.59. The number of nitrogens with one attached hydrogen (secondary N) is 1. The van der Waals surface area contributed by atoms with Crippen molar-refractivity contribution in [2.24, 2.45) is 0 Å². The fourth-order valence-corrected chi connectivity index (χ4v) is 2.29. The number of carboxylic acid groups (broad SMARTS) is 1. The van der Waals surface area contributed by atoms with Crippen molar-refractivity contribution in [3.8, 4) is 0 Å². The third-order valence-corrected chi connectivity index (χ3v) is 3.63. The standard InChI is InChI=1S/C20H18F3NO4/c21-20(22,23)17-11-15(10-16(12-17)18(25)26)8-4-5-9-24-19(27)28-13-14-6-2-1-3-7-14/h1-4,6-8,10-12H,5,9,13H2,(H,24,27)(H,25,26). The first-order valence-electron chi connectivity index (χ1n) is 8.32. The van der Waals surface area contributed by atoms with E-state index in [1.807, 2.05) is 30.3 Å². The molecule has 8 heteroatoms. The van der Waals surface area contributed by atoms with Crippen LogP contribution in [0.1, 0.15) is 33.5 Å². The molecule has 0 fully saturated rings. The predicted octanol–water partition coefficient (Wildman–Crippen LogP) is 4.73. The Labute approximate surface area is 159 Å². The van der Waals surface area contributed by atoms with Crippen molar-refractivity contribution < 1.29 is 32.6 Å². The number of amides is 1. The monoisotopic (exact) mass is 393 g/mol. The SMILES string of the molecule is O=C(NCCC=Cc1cc(C(=O)O)cc(C(F)(F)F)c1)OCc1ccccc1. The number of aromatic carboxylic acids is 1. The number of carboxylic acids is 1. The Bertz CT molecular complexity index is 848. The summed E-state index contributed by atoms with van der Waals surface area (Å²) in [6, 6.07) is 11.7. The lowest BCUT2D eigenvalue weighted by Crippen LogP contribution is -2.24. The maximum atomic E-state index is 12.9. The maximum absolute atomic E-state index is 12.9. The van der Waals surface area contributed by atoms with Crippen molar-refractivity contribution in [3.63, 3.8) is 0 Å². The first kappa shape index (κ1) is 21.0. The molecule has 5 nitrogen and oxygen atoms in total. The quantitative estimate of drug-likeness (QED) is 0.667. The molecule has 0 aromatic heterocycles. The lowest BCUT2D eigenvalue weighted by Gasteiger charge is -2.09. The second-order valence-corrected chi connectivity index (χ2v) is 5.83. The van der Waals surface area contributed by atoms with E-state index in [9.17, 15) is 22.8 Å². The van der Waals surface area contributed by atoms with Gasteiger partial charge in [-0.05, 0) is 35.7 Å². The Balaban J connectivity index is 1.84. The van der Waals surface area contributed by atoms with Gasteiger partial charge < -0.3 is 15.2 Å². The van der Waals surface area contributed by atoms with E-state index in [-0.39, 0.29) is 18.7 Å². The second-order valence-electron chi connectivity index (χ2n) is 5.83. The highest BCUT2D eigenvalue weighted by Gasteiger charge is 2.31. The fourth-order valence-electron chi connectivity index (χ4n) is 2.29. The summed E-state index contributed by atoms with van der Waals surface area (Å²) in [5, 5.41) is 11.5. The van der Waals surface area contributed by atoms with Gasteiger partial charge in [0.15, 0.2) is 0 Å². The number of halogens is 3. The number of alkyl halides is 3. The first-order chi connectivity index (χ1) is 13.3. The molecule has 0 heterocycles. The molecule has 1 amide bonds. The zero-order chi connectivity index (χ0) is 20.6. The minimum atomic E-state index is -4.64. The molecule has 28 heavy (non-hydrogen) atoms. The van der Waals surface area contributed by atoms with Crippen LogP contribution in [-0.4, -0.2) is 23.7 Å². The lowest BCUT2D eigenvalue weighted by atomic mass is 10.0. The summed E-state index contributed by atoms with van der Waals surface area (Å²) >= 11 is 0. The average molecular weight is 393 g/mol. The normalized spacial score (nSPS) is 11.4. The smallest absolute Gasteiger partial charge is 0.416 e. The summed E-state index contributed by atoms with van der Waals surface area (Å²) in [6.45, 7) is 0.347. The van der Waals surface area contributed by atoms with Gasteiger partial charge in [0.2, 0.25) is 0 Å². The van der Waals surface area contributed by atoms with Crippen molar-refractivity contribution in [3.05, 3.63) is 76.9 Å². The summed E-state index contributed by atoms with van der Waals surface area (Å²) in [5.41, 5.74) is -0.526. The Morgan fingerprint density at radius 2 is 1.82 bits per heavy atom. The molecule has 0 saturated carbocycles. The Hall–Kier alpha value is -3.29. The topological polar surface area (TPSA) is 75.6 Å². The average Bonchev–Trinajstić information content (AvgIpc) is 2.66. The van der Waals surface area contributed by atoms with Gasteiger partial charge in [-0.1, -0.05) is 42.5 Å². The molecule has 0 unspecified atom stereocenters. The maximum Gasteiger partial charge on any atom is 0.416 e. The molecule has 0 aliphatic heterocycles. The summed E-state index contributed by atoms with van der Waals surface area (Å²) in [5.74, 6) is -1.44. The van der Waals surface area contributed by atoms with Gasteiger partial charge in [0.05, 0.1) is 11.1 Å². The summed E-state index contributed by atoms with van der Waals surface area (Å²) in [4.78, 5) is 22.6. The molecule has 2 aromatic rings. The van der Waals surface area contributed by atoms with Gasteiger partial charge >= 0.3 is 18.2 Å². The highest BCUT2D eigenvalue weighted by molar-refractivity contribution is 5.88. The van der Waals surface area contributed by atoms with Crippen LogP contribution in [0.25, 0.3) is 6.08 Å². The molecule has 0 spiro atoms. The van der Waals surface area contributed by atoms with E-state index in [1.165, 1.54) is 6.08 Å². The van der Waals surface area contributed by atoms with Gasteiger partial charge in [-0.3, -0.25) is 0 Å². The van der Waals surface area contributed by atoms with Crippen LogP contribution in [-0.2, 0) is 17.5 Å². The minimum Gasteiger partial charge on any atom is -0.478 e. The highest BCUT2D eigenvalue weighted by Crippen LogP contribution is 2.31. The number of carbonyl (C=O) groups excluding carboxylic acids is 1. The molecule has 0 aliphatic rings. The Morgan fingerprint density at radius 1 is 1.11 bits per heavy atom. The number of hydrogen-bond acceptors (Lipinski definition) is 3. The van der Waals surface area contributed by atoms with Crippen LogP contribution in [0.5, 0.6) is 0 Å². The van der Waals surface area contributed by atoms with E-state index >= 15 is 0 Å². The summed E-state index contributed by atoms with van der Waals surface area (Å²) < 4.78 is 43.6. The van der Waals surface area contributed by atoms with Crippen molar-refractivity contribution >= 4 is 18.1 Å². The predicted molar refractivity (Wildman–Crippen MR) is 96.7 cm³/mol. The molecule has 0 saturated heterocycles. The van der Waals surface area contributed by atoms with E-state index < -0.39 is 29.4 Å². The van der Waals surface area contributed by atoms with E-state index in [2.05, 4.69) is 5.32 Å². The van der Waals surface area contributed by atoms with Gasteiger partial charge in [0.25, 0.3) is 0 Å². The van der Waals surface area contributed by atoms with Crippen molar-refractivity contribution in [1.29, 1.82) is 0 Å². The Kier molecular flexibility index (Phi) is 7.20. The molecule has 0 bridgehead atoms. The number of ether oxygens (including phenoxy) is 1. The third-order valence-electron chi connectivity index (χ3n) is 3.63. The van der Waals surface area contributed by atoms with Crippen LogP contribution in [0.3, 0.4) is 0 Å². The molecule has 2 rings (SSSR count). The van der Waals surface area contributed by atoms with E-state index in [4.69, 9.17) is 9.84 Å². The Morgan fingerprint density at radius 3 is 2.46 bits per heavy atom. The van der Waals surface area contributed by atoms with Crippen molar-refractivity contribution in [1.82, 2.24) is 5.32 Å². The van der Waals surface area contributed by atoms with Gasteiger partial charge in [-0.15, -0.1) is 0 Å². The molecule has 0 atom stereocenters. The van der Waals surface area contributed by atoms with Crippen LogP contribution in [0.15, 0.2) is 54.6 Å². The summed E-state index contributed by atoms with van der Waals surface area (Å²) in [6.07, 6.45) is -2.00. The van der Waals surface area contributed by atoms with Crippen LogP contribution >= 0.6 is 0 Å². The van der Waals surface area contributed by atoms with Crippen molar-refractivity contribution in [2.75, 3.05) is 6.54 Å². The summed E-state index contributed by atoms with van der Waals surface area (Å²) in [7, 11) is 0. The number of carbonyl (C=O) groups is 2. The molecule has 0 radical (unpaired) electrons. The molecule has 0 aliphatic carbocycles. The van der Waals surface area contributed by atoms with Crippen LogP contribution in [0.2, 0.25) is 0 Å². The van der Waals surface area contributed by atoms with Gasteiger partial charge in [0, 0.05) is 6.54 Å². The van der Waals surface area contributed by atoms with Gasteiger partial charge in [0.1, 0.15) is 6.61 Å². The molecule has 148 valence electrons. The largest absolute Gasteiger partial charge is 0.478 e. The molecular weight excluding hydrogens is 375 g/mol. The first-order valence-corrected chi connectivity index (χ1v) is 8.32. The zero-order valence-corrected chi connectivity index (χ0v) is 14.7. The third kappa shape index (κ3) is 6.79. The van der Waals surface area contributed by atoms with Gasteiger partial charge in [-0.2, -0.15) is 13.2 Å². The highest BCUT2D eigenvalue weighted by atomic mass is 19.4. The van der Waals surface area contributed by atoms with Gasteiger partial charge in [-0.25, -0.2) is 9.59 Å². The molecule has 2 N–H and O–H groups in total. The number of hydrogen-bond donors (Lipinski definition) is 2. The van der Waals surface area contributed by atoms with Crippen molar-refractivity contribution in [2.45, 2.75) is 19.2 Å². The van der Waals surface area contributed by atoms with E-state index in [0.29, 0.717) is 12.5 Å². The fraction of sp³-hybridized carbons (Fsp3) is 0.200. The zero-order valence-electron chi connectivity index (χ0n) is 14.7. The number of benzene rings is 2. The van der Waals surface area contributed by atoms with E-state index in [0.717, 1.165) is 17.7 Å².